The zero-order valence-electron chi connectivity index (χ0n) is 15.6. The van der Waals surface area contributed by atoms with Crippen LogP contribution < -0.4 is 4.90 Å². The molecule has 7 nitrogen and oxygen atoms in total. The molecular formula is C19H25N5O2. The third-order valence-corrected chi connectivity index (χ3v) is 5.27. The number of nitrogens with zero attached hydrogens (tertiary/aromatic N) is 5. The van der Waals surface area contributed by atoms with E-state index in [0.29, 0.717) is 13.1 Å². The molecule has 0 radical (unpaired) electrons. The van der Waals surface area contributed by atoms with Gasteiger partial charge in [0.1, 0.15) is 5.69 Å². The summed E-state index contributed by atoms with van der Waals surface area (Å²) in [6.45, 7) is 7.08. The molecule has 2 aromatic rings. The number of rotatable bonds is 2. The van der Waals surface area contributed by atoms with Gasteiger partial charge < -0.3 is 14.5 Å². The summed E-state index contributed by atoms with van der Waals surface area (Å²) in [5, 5.41) is 4.57. The van der Waals surface area contributed by atoms with Gasteiger partial charge in [-0.3, -0.25) is 14.5 Å². The first-order valence-corrected chi connectivity index (χ1v) is 9.20. The van der Waals surface area contributed by atoms with Crippen molar-refractivity contribution in [1.29, 1.82) is 0 Å². The van der Waals surface area contributed by atoms with Gasteiger partial charge in [0.25, 0.3) is 5.91 Å². The van der Waals surface area contributed by atoms with Crippen LogP contribution in [0.25, 0.3) is 0 Å². The van der Waals surface area contributed by atoms with Crippen LogP contribution in [0.3, 0.4) is 0 Å². The van der Waals surface area contributed by atoms with E-state index in [0.717, 1.165) is 42.1 Å². The molecule has 4 heterocycles. The maximum absolute atomic E-state index is 13.2. The number of pyridine rings is 1. The highest BCUT2D eigenvalue weighted by Crippen LogP contribution is 2.31. The highest BCUT2D eigenvalue weighted by Gasteiger charge is 2.33. The summed E-state index contributed by atoms with van der Waals surface area (Å²) in [6, 6.07) is 4.00. The average molecular weight is 355 g/mol. The Morgan fingerprint density at radius 2 is 2.00 bits per heavy atom. The van der Waals surface area contributed by atoms with Crippen molar-refractivity contribution >= 4 is 11.6 Å². The van der Waals surface area contributed by atoms with Crippen LogP contribution in [-0.2, 0) is 18.2 Å². The molecule has 0 spiro atoms. The molecular weight excluding hydrogens is 330 g/mol. The van der Waals surface area contributed by atoms with Crippen LogP contribution in [0.4, 0.5) is 5.69 Å². The fourth-order valence-electron chi connectivity index (χ4n) is 3.99. The number of anilines is 1. The van der Waals surface area contributed by atoms with Crippen LogP contribution in [0.5, 0.6) is 0 Å². The van der Waals surface area contributed by atoms with Crippen LogP contribution in [0.2, 0.25) is 0 Å². The van der Waals surface area contributed by atoms with E-state index in [-0.39, 0.29) is 18.1 Å². The summed E-state index contributed by atoms with van der Waals surface area (Å²) in [4.78, 5) is 21.6. The lowest BCUT2D eigenvalue weighted by molar-refractivity contribution is -0.00714. The van der Waals surface area contributed by atoms with E-state index < -0.39 is 0 Å². The normalized spacial score (nSPS) is 23.0. The highest BCUT2D eigenvalue weighted by molar-refractivity contribution is 5.94. The maximum Gasteiger partial charge on any atom is 0.272 e. The Morgan fingerprint density at radius 3 is 2.69 bits per heavy atom. The summed E-state index contributed by atoms with van der Waals surface area (Å²) >= 11 is 0. The monoisotopic (exact) mass is 355 g/mol. The predicted molar refractivity (Wildman–Crippen MR) is 98.2 cm³/mol. The third kappa shape index (κ3) is 2.96. The van der Waals surface area contributed by atoms with Crippen molar-refractivity contribution in [3.8, 4) is 0 Å². The van der Waals surface area contributed by atoms with Gasteiger partial charge in [0.2, 0.25) is 0 Å². The second-order valence-electron chi connectivity index (χ2n) is 7.12. The fourth-order valence-corrected chi connectivity index (χ4v) is 3.99. The topological polar surface area (TPSA) is 63.5 Å². The molecule has 0 N–H and O–H groups in total. The minimum Gasteiger partial charge on any atom is -0.369 e. The number of piperazine rings is 1. The van der Waals surface area contributed by atoms with Crippen molar-refractivity contribution < 1.29 is 9.53 Å². The Kier molecular flexibility index (Phi) is 4.40. The summed E-state index contributed by atoms with van der Waals surface area (Å²) in [5.74, 6) is 0.0772. The molecule has 2 atom stereocenters. The number of hydrogen-bond donors (Lipinski definition) is 0. The summed E-state index contributed by atoms with van der Waals surface area (Å²) < 4.78 is 7.59. The lowest BCUT2D eigenvalue weighted by Gasteiger charge is -2.36. The highest BCUT2D eigenvalue weighted by atomic mass is 16.5. The first-order chi connectivity index (χ1) is 12.5. The van der Waals surface area contributed by atoms with Crippen LogP contribution in [0.1, 0.15) is 41.7 Å². The Hall–Kier alpha value is -2.41. The molecule has 26 heavy (non-hydrogen) atoms. The SMILES string of the molecule is C[C@@H]1Cc2c(nn(C)c2C(=O)N2CCN(c3cccnc3)CC2)[C@H](C)O1. The maximum atomic E-state index is 13.2. The fraction of sp³-hybridized carbons (Fsp3) is 0.526. The minimum atomic E-state index is -0.0658. The van der Waals surface area contributed by atoms with Crippen molar-refractivity contribution in [2.75, 3.05) is 31.1 Å². The molecule has 2 aliphatic rings. The van der Waals surface area contributed by atoms with Gasteiger partial charge in [-0.1, -0.05) is 0 Å². The summed E-state index contributed by atoms with van der Waals surface area (Å²) in [5.41, 5.74) is 3.79. The van der Waals surface area contributed by atoms with Gasteiger partial charge >= 0.3 is 0 Å². The van der Waals surface area contributed by atoms with Crippen LogP contribution in [0, 0.1) is 0 Å². The molecule has 0 bridgehead atoms. The summed E-state index contributed by atoms with van der Waals surface area (Å²) in [7, 11) is 1.86. The standard InChI is InChI=1S/C19H25N5O2/c1-13-11-16-17(14(2)26-13)21-22(3)18(16)19(25)24-9-7-23(8-10-24)15-5-4-6-20-12-15/h4-6,12-14H,7-11H2,1-3H3/t13-,14+/m1/s1. The molecule has 0 aliphatic carbocycles. The van der Waals surface area contributed by atoms with E-state index in [1.165, 1.54) is 0 Å². The zero-order chi connectivity index (χ0) is 18.3. The first kappa shape index (κ1) is 17.0. The van der Waals surface area contributed by atoms with Gasteiger partial charge in [-0.25, -0.2) is 0 Å². The molecule has 1 fully saturated rings. The quantitative estimate of drug-likeness (QED) is 0.822. The number of amides is 1. The van der Waals surface area contributed by atoms with E-state index in [1.807, 2.05) is 38.1 Å². The Labute approximate surface area is 153 Å². The molecule has 138 valence electrons. The molecule has 1 amide bonds. The zero-order valence-corrected chi connectivity index (χ0v) is 15.6. The van der Waals surface area contributed by atoms with Gasteiger partial charge in [-0.15, -0.1) is 0 Å². The number of ether oxygens (including phenoxy) is 1. The number of carbonyl (C=O) groups is 1. The molecule has 0 aromatic carbocycles. The van der Waals surface area contributed by atoms with Gasteiger partial charge in [0.15, 0.2) is 0 Å². The largest absolute Gasteiger partial charge is 0.369 e. The van der Waals surface area contributed by atoms with Gasteiger partial charge in [-0.05, 0) is 26.0 Å². The average Bonchev–Trinajstić information content (AvgIpc) is 2.98. The molecule has 1 saturated heterocycles. The van der Waals surface area contributed by atoms with Crippen molar-refractivity contribution in [2.45, 2.75) is 32.5 Å². The molecule has 0 unspecified atom stereocenters. The van der Waals surface area contributed by atoms with Crippen molar-refractivity contribution in [3.63, 3.8) is 0 Å². The van der Waals surface area contributed by atoms with Crippen molar-refractivity contribution in [3.05, 3.63) is 41.5 Å². The van der Waals surface area contributed by atoms with Crippen molar-refractivity contribution in [2.24, 2.45) is 7.05 Å². The van der Waals surface area contributed by atoms with Gasteiger partial charge in [0, 0.05) is 51.4 Å². The Balaban J connectivity index is 1.51. The van der Waals surface area contributed by atoms with Gasteiger partial charge in [0.05, 0.1) is 29.8 Å². The van der Waals surface area contributed by atoms with E-state index in [1.54, 1.807) is 10.9 Å². The number of fused-ring (bicyclic) bond motifs is 1. The number of aromatic nitrogens is 3. The first-order valence-electron chi connectivity index (χ1n) is 9.20. The molecule has 0 saturated carbocycles. The van der Waals surface area contributed by atoms with Crippen LogP contribution in [-0.4, -0.2) is 57.9 Å². The third-order valence-electron chi connectivity index (χ3n) is 5.27. The Morgan fingerprint density at radius 1 is 1.23 bits per heavy atom. The smallest absolute Gasteiger partial charge is 0.272 e. The van der Waals surface area contributed by atoms with Crippen molar-refractivity contribution in [1.82, 2.24) is 19.7 Å². The van der Waals surface area contributed by atoms with E-state index >= 15 is 0 Å². The second kappa shape index (κ2) is 6.72. The van der Waals surface area contributed by atoms with E-state index in [2.05, 4.69) is 21.0 Å². The molecule has 2 aromatic heterocycles. The molecule has 2 aliphatic heterocycles. The molecule has 7 heteroatoms. The number of aryl methyl sites for hydroxylation is 1. The number of hydrogen-bond acceptors (Lipinski definition) is 5. The van der Waals surface area contributed by atoms with Crippen LogP contribution >= 0.6 is 0 Å². The second-order valence-corrected chi connectivity index (χ2v) is 7.12. The minimum absolute atomic E-state index is 0.0658. The van der Waals surface area contributed by atoms with Crippen LogP contribution in [0.15, 0.2) is 24.5 Å². The molecule has 4 rings (SSSR count). The van der Waals surface area contributed by atoms with E-state index in [4.69, 9.17) is 4.74 Å². The lowest BCUT2D eigenvalue weighted by Crippen LogP contribution is -2.49. The summed E-state index contributed by atoms with van der Waals surface area (Å²) in [6.07, 6.45) is 4.43. The number of carbonyl (C=O) groups excluding carboxylic acids is 1. The van der Waals surface area contributed by atoms with E-state index in [9.17, 15) is 4.79 Å². The Bertz CT molecular complexity index is 796. The predicted octanol–water partition coefficient (Wildman–Crippen LogP) is 1.80. The lowest BCUT2D eigenvalue weighted by atomic mass is 9.99. The van der Waals surface area contributed by atoms with Gasteiger partial charge in [-0.2, -0.15) is 5.10 Å².